The molecule has 7 nitrogen and oxygen atoms in total. The van der Waals surface area contributed by atoms with Gasteiger partial charge in [-0.3, -0.25) is 19.2 Å². The van der Waals surface area contributed by atoms with Gasteiger partial charge in [-0.05, 0) is 38.5 Å². The summed E-state index contributed by atoms with van der Waals surface area (Å²) in [7, 11) is 0. The average molecular weight is 350 g/mol. The molecule has 0 aromatic rings. The first-order chi connectivity index (χ1) is 12.0. The minimum Gasteiger partial charge on any atom is -0.393 e. The van der Waals surface area contributed by atoms with Crippen molar-refractivity contribution in [2.24, 2.45) is 23.7 Å². The van der Waals surface area contributed by atoms with Gasteiger partial charge in [-0.25, -0.2) is 0 Å². The molecule has 6 unspecified atom stereocenters. The summed E-state index contributed by atoms with van der Waals surface area (Å²) >= 11 is 0. The molecule has 3 saturated carbocycles. The topological polar surface area (TPSA) is 96.0 Å². The van der Waals surface area contributed by atoms with E-state index in [0.29, 0.717) is 32.1 Å². The number of esters is 2. The maximum Gasteiger partial charge on any atom is 0.317 e. The van der Waals surface area contributed by atoms with Crippen LogP contribution in [0.1, 0.15) is 44.9 Å². The molecule has 0 aromatic heterocycles. The van der Waals surface area contributed by atoms with Crippen molar-refractivity contribution in [3.05, 3.63) is 0 Å². The molecule has 1 heterocycles. The van der Waals surface area contributed by atoms with Crippen molar-refractivity contribution >= 4 is 23.5 Å². The van der Waals surface area contributed by atoms with Gasteiger partial charge in [-0.1, -0.05) is 0 Å². The van der Waals surface area contributed by atoms with Gasteiger partial charge >= 0.3 is 11.9 Å². The molecule has 1 saturated heterocycles. The number of fused-ring (bicyclic) bond motifs is 2. The monoisotopic (exact) mass is 350 g/mol. The Bertz CT molecular complexity index is 561. The Morgan fingerprint density at radius 1 is 0.720 bits per heavy atom. The molecule has 0 bridgehead atoms. The second kappa shape index (κ2) is 6.61. The predicted molar refractivity (Wildman–Crippen MR) is 82.0 cm³/mol. The lowest BCUT2D eigenvalue weighted by Crippen LogP contribution is -2.34. The highest BCUT2D eigenvalue weighted by atomic mass is 16.7. The second-order valence-electron chi connectivity index (χ2n) is 7.60. The molecule has 7 heteroatoms. The van der Waals surface area contributed by atoms with E-state index >= 15 is 0 Å². The Balaban J connectivity index is 1.23. The molecular formula is C18H22O7. The van der Waals surface area contributed by atoms with E-state index < -0.39 is 11.9 Å². The van der Waals surface area contributed by atoms with Crippen molar-refractivity contribution in [2.75, 3.05) is 6.79 Å². The second-order valence-corrected chi connectivity index (χ2v) is 7.60. The first-order valence-corrected chi connectivity index (χ1v) is 9.07. The summed E-state index contributed by atoms with van der Waals surface area (Å²) in [5.41, 5.74) is 0. The number of carbonyl (C=O) groups excluding carboxylic acids is 4. The van der Waals surface area contributed by atoms with E-state index in [1.54, 1.807) is 0 Å². The number of ether oxygens (including phenoxy) is 3. The maximum absolute atomic E-state index is 11.9. The Morgan fingerprint density at radius 2 is 1.28 bits per heavy atom. The van der Waals surface area contributed by atoms with Crippen LogP contribution in [0.25, 0.3) is 0 Å². The third-order valence-corrected chi connectivity index (χ3v) is 6.19. The predicted octanol–water partition coefficient (Wildman–Crippen LogP) is 1.17. The molecular weight excluding hydrogens is 328 g/mol. The van der Waals surface area contributed by atoms with Gasteiger partial charge in [0.1, 0.15) is 18.4 Å². The van der Waals surface area contributed by atoms with Crippen LogP contribution in [0.5, 0.6) is 0 Å². The van der Waals surface area contributed by atoms with Crippen LogP contribution in [-0.4, -0.2) is 42.5 Å². The third-order valence-electron chi connectivity index (χ3n) is 6.19. The van der Waals surface area contributed by atoms with Crippen molar-refractivity contribution in [1.82, 2.24) is 0 Å². The molecule has 0 aromatic carbocycles. The van der Waals surface area contributed by atoms with E-state index in [-0.39, 0.29) is 60.7 Å². The zero-order chi connectivity index (χ0) is 17.6. The maximum atomic E-state index is 11.9. The zero-order valence-electron chi connectivity index (χ0n) is 14.0. The number of hydrogen-bond donors (Lipinski definition) is 0. The molecule has 6 atom stereocenters. The number of hydrogen-bond acceptors (Lipinski definition) is 7. The highest BCUT2D eigenvalue weighted by Gasteiger charge is 2.48. The van der Waals surface area contributed by atoms with E-state index in [2.05, 4.69) is 0 Å². The van der Waals surface area contributed by atoms with Crippen molar-refractivity contribution in [3.63, 3.8) is 0 Å². The van der Waals surface area contributed by atoms with Gasteiger partial charge in [-0.15, -0.1) is 0 Å². The first-order valence-electron chi connectivity index (χ1n) is 9.07. The molecule has 1 aliphatic heterocycles. The minimum atomic E-state index is -0.438. The smallest absolute Gasteiger partial charge is 0.317 e. The average Bonchev–Trinajstić information content (AvgIpc) is 3.04. The highest BCUT2D eigenvalue weighted by molar-refractivity contribution is 6.08. The van der Waals surface area contributed by atoms with Gasteiger partial charge in [0.05, 0.1) is 30.5 Å². The quantitative estimate of drug-likeness (QED) is 0.426. The third kappa shape index (κ3) is 3.15. The Kier molecular flexibility index (Phi) is 4.45. The zero-order valence-corrected chi connectivity index (χ0v) is 14.0. The molecule has 136 valence electrons. The number of carbonyl (C=O) groups is 4. The summed E-state index contributed by atoms with van der Waals surface area (Å²) in [6, 6.07) is 0. The Morgan fingerprint density at radius 3 is 2.00 bits per heavy atom. The largest absolute Gasteiger partial charge is 0.393 e. The summed E-state index contributed by atoms with van der Waals surface area (Å²) in [6.45, 7) is 0.106. The SMILES string of the molecule is O=C1CC(=O)C2CC(OCOC3CCC4C(=O)OC(=O)C4C3)CCC12. The molecule has 0 spiro atoms. The number of Topliss-reactive ketones (excluding diaryl/α,β-unsaturated/α-hetero) is 2. The van der Waals surface area contributed by atoms with E-state index in [1.165, 1.54) is 0 Å². The molecule has 0 N–H and O–H groups in total. The lowest BCUT2D eigenvalue weighted by atomic mass is 9.79. The lowest BCUT2D eigenvalue weighted by Gasteiger charge is -2.31. The van der Waals surface area contributed by atoms with Gasteiger partial charge in [0.15, 0.2) is 0 Å². The fraction of sp³-hybridized carbons (Fsp3) is 0.778. The number of cyclic esters (lactones) is 2. The van der Waals surface area contributed by atoms with E-state index in [1.807, 2.05) is 0 Å². The van der Waals surface area contributed by atoms with Gasteiger partial charge in [0.2, 0.25) is 0 Å². The lowest BCUT2D eigenvalue weighted by molar-refractivity contribution is -0.155. The first kappa shape index (κ1) is 16.8. The van der Waals surface area contributed by atoms with Crippen LogP contribution in [0.15, 0.2) is 0 Å². The standard InChI is InChI=1S/C18H22O7/c19-15-7-16(20)13-5-9(1-3-11(13)15)23-8-24-10-2-4-12-14(6-10)18(22)25-17(12)21/h9-14H,1-8H2. The van der Waals surface area contributed by atoms with Crippen LogP contribution in [0.3, 0.4) is 0 Å². The molecule has 0 amide bonds. The van der Waals surface area contributed by atoms with Gasteiger partial charge in [0.25, 0.3) is 0 Å². The molecule has 0 radical (unpaired) electrons. The summed E-state index contributed by atoms with van der Waals surface area (Å²) in [4.78, 5) is 46.8. The highest BCUT2D eigenvalue weighted by Crippen LogP contribution is 2.40. The molecule has 4 aliphatic rings. The van der Waals surface area contributed by atoms with Gasteiger partial charge < -0.3 is 14.2 Å². The Hall–Kier alpha value is -1.60. The van der Waals surface area contributed by atoms with Crippen molar-refractivity contribution in [1.29, 1.82) is 0 Å². The van der Waals surface area contributed by atoms with Gasteiger partial charge in [0, 0.05) is 11.8 Å². The number of rotatable bonds is 4. The van der Waals surface area contributed by atoms with Crippen LogP contribution < -0.4 is 0 Å². The Labute approximate surface area is 145 Å². The molecule has 4 fully saturated rings. The fourth-order valence-corrected chi connectivity index (χ4v) is 4.77. The van der Waals surface area contributed by atoms with Crippen LogP contribution in [0.2, 0.25) is 0 Å². The van der Waals surface area contributed by atoms with Crippen molar-refractivity contribution < 1.29 is 33.4 Å². The van der Waals surface area contributed by atoms with Crippen molar-refractivity contribution in [3.8, 4) is 0 Å². The number of ketones is 2. The molecule has 3 aliphatic carbocycles. The fourth-order valence-electron chi connectivity index (χ4n) is 4.77. The summed E-state index contributed by atoms with van der Waals surface area (Å²) < 4.78 is 16.2. The van der Waals surface area contributed by atoms with E-state index in [0.717, 1.165) is 6.42 Å². The normalized spacial score (nSPS) is 40.8. The van der Waals surface area contributed by atoms with Crippen LogP contribution in [0.4, 0.5) is 0 Å². The van der Waals surface area contributed by atoms with Gasteiger partial charge in [-0.2, -0.15) is 0 Å². The van der Waals surface area contributed by atoms with Crippen molar-refractivity contribution in [2.45, 2.75) is 57.2 Å². The van der Waals surface area contributed by atoms with E-state index in [4.69, 9.17) is 14.2 Å². The molecule has 25 heavy (non-hydrogen) atoms. The summed E-state index contributed by atoms with van der Waals surface area (Å²) in [5.74, 6) is -1.69. The van der Waals surface area contributed by atoms with Crippen LogP contribution in [0, 0.1) is 23.7 Å². The van der Waals surface area contributed by atoms with E-state index in [9.17, 15) is 19.2 Å². The minimum absolute atomic E-state index is 0.0481. The van der Waals surface area contributed by atoms with Crippen LogP contribution >= 0.6 is 0 Å². The summed E-state index contributed by atoms with van der Waals surface area (Å²) in [6.07, 6.45) is 3.75. The van der Waals surface area contributed by atoms with Crippen LogP contribution in [-0.2, 0) is 33.4 Å². The summed E-state index contributed by atoms with van der Waals surface area (Å²) in [5, 5.41) is 0. The molecule has 4 rings (SSSR count).